The number of nitrogens with one attached hydrogen (secondary N) is 1. The second-order valence-corrected chi connectivity index (χ2v) is 2.46. The molecule has 0 saturated carbocycles. The maximum absolute atomic E-state index is 8.31. The van der Waals surface area contributed by atoms with Gasteiger partial charge in [0.05, 0.1) is 11.3 Å². The Morgan fingerprint density at radius 2 is 2.30 bits per heavy atom. The van der Waals surface area contributed by atoms with Crippen molar-refractivity contribution >= 4 is 21.6 Å². The van der Waals surface area contributed by atoms with Crippen molar-refractivity contribution in [1.29, 1.82) is 10.7 Å². The van der Waals surface area contributed by atoms with Crippen molar-refractivity contribution in [2.45, 2.75) is 6.92 Å². The molecule has 0 aromatic rings. The van der Waals surface area contributed by atoms with Gasteiger partial charge in [0.2, 0.25) is 0 Å². The topological polar surface area (TPSA) is 47.6 Å². The van der Waals surface area contributed by atoms with E-state index in [0.29, 0.717) is 4.48 Å². The van der Waals surface area contributed by atoms with Crippen LogP contribution in [0.4, 0.5) is 0 Å². The number of nitriles is 1. The number of hydrogen-bond acceptors (Lipinski definition) is 2. The second-order valence-electron chi connectivity index (χ2n) is 1.60. The third-order valence-corrected chi connectivity index (χ3v) is 1.78. The van der Waals surface area contributed by atoms with Gasteiger partial charge in [0.25, 0.3) is 0 Å². The van der Waals surface area contributed by atoms with Crippen LogP contribution in [0.1, 0.15) is 6.92 Å². The third kappa shape index (κ3) is 2.16. The minimum Gasteiger partial charge on any atom is -0.298 e. The smallest absolute Gasteiger partial charge is 0.101 e. The molecule has 0 rings (SSSR count). The fraction of sp³-hybridized carbons (Fsp3) is 0.143. The average Bonchev–Trinajstić information content (AvgIpc) is 2.00. The van der Waals surface area contributed by atoms with E-state index in [1.807, 2.05) is 0 Å². The zero-order valence-electron chi connectivity index (χ0n) is 5.61. The standard InChI is InChI=1S/C7H7BrN2/c1-3-6(8)7(10)5(2)4-9/h3,10H,2H2,1H3. The van der Waals surface area contributed by atoms with Crippen molar-refractivity contribution in [3.8, 4) is 6.07 Å². The Morgan fingerprint density at radius 3 is 2.60 bits per heavy atom. The maximum Gasteiger partial charge on any atom is 0.101 e. The monoisotopic (exact) mass is 198 g/mol. The Labute approximate surface area is 68.5 Å². The quantitative estimate of drug-likeness (QED) is 0.538. The van der Waals surface area contributed by atoms with Gasteiger partial charge in [-0.05, 0) is 22.9 Å². The summed E-state index contributed by atoms with van der Waals surface area (Å²) in [6, 6.07) is 1.79. The first kappa shape index (κ1) is 9.12. The summed E-state index contributed by atoms with van der Waals surface area (Å²) in [5.41, 5.74) is 0.315. The minimum atomic E-state index is 0.144. The SMILES string of the molecule is C=C(C#N)C(=N)C(Br)=CC. The molecule has 0 saturated heterocycles. The number of nitrogens with zero attached hydrogens (tertiary/aromatic N) is 1. The van der Waals surface area contributed by atoms with Gasteiger partial charge in [-0.25, -0.2) is 0 Å². The van der Waals surface area contributed by atoms with Crippen LogP contribution >= 0.6 is 15.9 Å². The Hall–Kier alpha value is -0.880. The molecule has 2 nitrogen and oxygen atoms in total. The first-order chi connectivity index (χ1) is 4.63. The van der Waals surface area contributed by atoms with Crippen LogP contribution < -0.4 is 0 Å². The molecule has 0 bridgehead atoms. The van der Waals surface area contributed by atoms with Crippen LogP contribution in [0.2, 0.25) is 0 Å². The lowest BCUT2D eigenvalue weighted by Gasteiger charge is -1.95. The van der Waals surface area contributed by atoms with Gasteiger partial charge in [-0.3, -0.25) is 5.41 Å². The van der Waals surface area contributed by atoms with Crippen LogP contribution in [0.25, 0.3) is 0 Å². The van der Waals surface area contributed by atoms with Gasteiger partial charge < -0.3 is 0 Å². The van der Waals surface area contributed by atoms with Gasteiger partial charge in [-0.1, -0.05) is 12.7 Å². The molecule has 0 aromatic heterocycles. The van der Waals surface area contributed by atoms with Crippen LogP contribution in [0.15, 0.2) is 22.7 Å². The maximum atomic E-state index is 8.31. The van der Waals surface area contributed by atoms with E-state index in [-0.39, 0.29) is 11.3 Å². The predicted octanol–water partition coefficient (Wildman–Crippen LogP) is 2.38. The summed E-state index contributed by atoms with van der Waals surface area (Å²) in [6.07, 6.45) is 1.70. The molecule has 0 aromatic carbocycles. The van der Waals surface area contributed by atoms with Crippen LogP contribution in [-0.2, 0) is 0 Å². The highest BCUT2D eigenvalue weighted by atomic mass is 79.9. The van der Waals surface area contributed by atoms with Crippen LogP contribution in [0.5, 0.6) is 0 Å². The first-order valence-electron chi connectivity index (χ1n) is 2.63. The van der Waals surface area contributed by atoms with Crippen molar-refractivity contribution in [2.24, 2.45) is 0 Å². The van der Waals surface area contributed by atoms with Gasteiger partial charge >= 0.3 is 0 Å². The molecule has 1 N–H and O–H groups in total. The molecule has 0 heterocycles. The van der Waals surface area contributed by atoms with E-state index < -0.39 is 0 Å². The Balaban J connectivity index is 4.43. The third-order valence-electron chi connectivity index (χ3n) is 0.929. The van der Waals surface area contributed by atoms with E-state index in [9.17, 15) is 0 Å². The molecule has 0 atom stereocenters. The molecule has 0 unspecified atom stereocenters. The molecule has 0 aliphatic carbocycles. The highest BCUT2D eigenvalue weighted by Gasteiger charge is 2.02. The molecule has 0 aliphatic heterocycles. The van der Waals surface area contributed by atoms with Crippen LogP contribution in [-0.4, -0.2) is 5.71 Å². The molecule has 0 fully saturated rings. The molecule has 0 amide bonds. The molecule has 52 valence electrons. The first-order valence-corrected chi connectivity index (χ1v) is 3.43. The van der Waals surface area contributed by atoms with E-state index in [2.05, 4.69) is 22.5 Å². The van der Waals surface area contributed by atoms with E-state index in [0.717, 1.165) is 0 Å². The van der Waals surface area contributed by atoms with Crippen molar-refractivity contribution < 1.29 is 0 Å². The summed E-state index contributed by atoms with van der Waals surface area (Å²) in [6.45, 7) is 5.17. The van der Waals surface area contributed by atoms with Crippen molar-refractivity contribution in [1.82, 2.24) is 0 Å². The van der Waals surface area contributed by atoms with Crippen molar-refractivity contribution in [2.75, 3.05) is 0 Å². The summed E-state index contributed by atoms with van der Waals surface area (Å²) < 4.78 is 0.596. The summed E-state index contributed by atoms with van der Waals surface area (Å²) >= 11 is 3.11. The molecule has 0 radical (unpaired) electrons. The van der Waals surface area contributed by atoms with Crippen LogP contribution in [0.3, 0.4) is 0 Å². The summed E-state index contributed by atoms with van der Waals surface area (Å²) in [4.78, 5) is 0. The van der Waals surface area contributed by atoms with Gasteiger partial charge in [-0.15, -0.1) is 0 Å². The lowest BCUT2D eigenvalue weighted by atomic mass is 10.2. The molecule has 0 spiro atoms. The zero-order chi connectivity index (χ0) is 8.15. The highest BCUT2D eigenvalue weighted by molar-refractivity contribution is 9.12. The normalized spacial score (nSPS) is 10.3. The van der Waals surface area contributed by atoms with E-state index in [4.69, 9.17) is 10.7 Å². The number of halogens is 1. The highest BCUT2D eigenvalue weighted by Crippen LogP contribution is 2.10. The second kappa shape index (κ2) is 4.02. The van der Waals surface area contributed by atoms with Crippen molar-refractivity contribution in [3.05, 3.63) is 22.7 Å². The molecular formula is C7H7BrN2. The van der Waals surface area contributed by atoms with Gasteiger partial charge in [0, 0.05) is 4.48 Å². The molecular weight excluding hydrogens is 192 g/mol. The number of rotatable bonds is 2. The average molecular weight is 199 g/mol. The number of allylic oxidation sites excluding steroid dienone is 3. The lowest BCUT2D eigenvalue weighted by molar-refractivity contribution is 1.47. The van der Waals surface area contributed by atoms with Crippen molar-refractivity contribution in [3.63, 3.8) is 0 Å². The molecule has 3 heteroatoms. The Kier molecular flexibility index (Phi) is 3.67. The predicted molar refractivity (Wildman–Crippen MR) is 45.2 cm³/mol. The van der Waals surface area contributed by atoms with E-state index in [1.165, 1.54) is 0 Å². The summed E-state index contributed by atoms with van der Waals surface area (Å²) in [5, 5.41) is 15.6. The lowest BCUT2D eigenvalue weighted by Crippen LogP contribution is -1.96. The molecule has 10 heavy (non-hydrogen) atoms. The minimum absolute atomic E-state index is 0.144. The van der Waals surface area contributed by atoms with E-state index in [1.54, 1.807) is 19.1 Å². The largest absolute Gasteiger partial charge is 0.298 e. The zero-order valence-corrected chi connectivity index (χ0v) is 7.20. The van der Waals surface area contributed by atoms with Crippen LogP contribution in [0, 0.1) is 16.7 Å². The summed E-state index contributed by atoms with van der Waals surface area (Å²) in [5.74, 6) is 0. The fourth-order valence-electron chi connectivity index (χ4n) is 0.344. The fourth-order valence-corrected chi connectivity index (χ4v) is 0.584. The number of hydrogen-bond donors (Lipinski definition) is 1. The Bertz CT molecular complexity index is 232. The molecule has 0 aliphatic rings. The van der Waals surface area contributed by atoms with Gasteiger partial charge in [0.1, 0.15) is 6.07 Å². The summed E-state index contributed by atoms with van der Waals surface area (Å²) in [7, 11) is 0. The van der Waals surface area contributed by atoms with E-state index >= 15 is 0 Å². The van der Waals surface area contributed by atoms with Gasteiger partial charge in [-0.2, -0.15) is 5.26 Å². The Morgan fingerprint density at radius 1 is 1.80 bits per heavy atom. The van der Waals surface area contributed by atoms with Gasteiger partial charge in [0.15, 0.2) is 0 Å².